The third-order valence-corrected chi connectivity index (χ3v) is 10.1. The predicted molar refractivity (Wildman–Crippen MR) is 260 cm³/mol. The Morgan fingerprint density at radius 2 is 0.783 bits per heavy atom. The first-order chi connectivity index (χ1) is 29.6. The Balaban J connectivity index is 4.35. The molecular weight excluding hydrogens is 741 g/mol. The molecule has 0 aromatic heterocycles. The van der Waals surface area contributed by atoms with E-state index in [0.717, 1.165) is 109 Å². The second kappa shape index (κ2) is 50.2. The van der Waals surface area contributed by atoms with Crippen LogP contribution in [0.4, 0.5) is 0 Å². The summed E-state index contributed by atoms with van der Waals surface area (Å²) >= 11 is 0. The van der Waals surface area contributed by atoms with Gasteiger partial charge in [-0.1, -0.05) is 189 Å². The van der Waals surface area contributed by atoms with E-state index in [9.17, 15) is 9.59 Å². The molecule has 0 bridgehead atoms. The lowest BCUT2D eigenvalue weighted by molar-refractivity contribution is -0.163. The molecule has 5 nitrogen and oxygen atoms in total. The van der Waals surface area contributed by atoms with E-state index in [4.69, 9.17) is 14.2 Å². The van der Waals surface area contributed by atoms with Gasteiger partial charge in [-0.25, -0.2) is 0 Å². The molecule has 0 rings (SSSR count). The Hall–Kier alpha value is -3.18. The smallest absolute Gasteiger partial charge is 0.306 e. The molecule has 0 aromatic carbocycles. The molecule has 0 aromatic rings. The SMILES string of the molecule is CC/C=C\C/C=C\C/C=C\C/C=C\C/C=C\CCCCCC(=O)OCC(COCCCCCCCC/C=C\CCCC)OC(=O)CCCCCCC/C=C\C/C=C\CCC. The summed E-state index contributed by atoms with van der Waals surface area (Å²) in [5, 5.41) is 0. The summed E-state index contributed by atoms with van der Waals surface area (Å²) in [4.78, 5) is 25.3. The number of hydrogen-bond donors (Lipinski definition) is 0. The van der Waals surface area contributed by atoms with Crippen molar-refractivity contribution in [1.29, 1.82) is 0 Å². The molecule has 0 N–H and O–H groups in total. The van der Waals surface area contributed by atoms with Gasteiger partial charge in [0.05, 0.1) is 6.61 Å². The molecule has 0 aliphatic carbocycles. The van der Waals surface area contributed by atoms with E-state index < -0.39 is 6.10 Å². The highest BCUT2D eigenvalue weighted by Gasteiger charge is 2.17. The van der Waals surface area contributed by atoms with Crippen LogP contribution >= 0.6 is 0 Å². The van der Waals surface area contributed by atoms with Crippen molar-refractivity contribution in [2.24, 2.45) is 0 Å². The number of ether oxygens (including phenoxy) is 3. The summed E-state index contributed by atoms with van der Waals surface area (Å²) in [7, 11) is 0. The van der Waals surface area contributed by atoms with E-state index in [1.54, 1.807) is 0 Å². The molecule has 0 saturated carbocycles. The van der Waals surface area contributed by atoms with Gasteiger partial charge >= 0.3 is 11.9 Å². The van der Waals surface area contributed by atoms with Crippen LogP contribution in [0.5, 0.6) is 0 Å². The van der Waals surface area contributed by atoms with Crippen LogP contribution < -0.4 is 0 Å². The van der Waals surface area contributed by atoms with Crippen molar-refractivity contribution in [2.45, 2.75) is 219 Å². The topological polar surface area (TPSA) is 61.8 Å². The monoisotopic (exact) mass is 833 g/mol. The highest BCUT2D eigenvalue weighted by Crippen LogP contribution is 2.12. The zero-order valence-electron chi connectivity index (χ0n) is 39.2. The standard InChI is InChI=1S/C55H92O5/c1-4-7-10-13-16-19-22-25-26-27-28-29-30-32-33-36-39-42-45-48-54(56)59-52-53(51-58-50-47-44-41-38-35-24-21-18-15-12-9-6-3)60-55(57)49-46-43-40-37-34-31-23-20-17-14-11-8-5-2/h7,10-11,14-16,18-20,23,25-26,28-29,32-33,53H,4-6,8-9,12-13,17,21-22,24,27,30-31,34-52H2,1-3H3/b10-7-,14-11-,18-15-,19-16-,23-20-,26-25-,29-28-,33-32-. The summed E-state index contributed by atoms with van der Waals surface area (Å²) in [5.74, 6) is -0.459. The maximum absolute atomic E-state index is 12.8. The largest absolute Gasteiger partial charge is 0.462 e. The fraction of sp³-hybridized carbons (Fsp3) is 0.673. The first-order valence-electron chi connectivity index (χ1n) is 24.8. The van der Waals surface area contributed by atoms with E-state index in [0.29, 0.717) is 19.4 Å². The van der Waals surface area contributed by atoms with Gasteiger partial charge in [0.2, 0.25) is 0 Å². The molecule has 0 fully saturated rings. The number of allylic oxidation sites excluding steroid dienone is 16. The number of carbonyl (C=O) groups excluding carboxylic acids is 2. The van der Waals surface area contributed by atoms with Crippen molar-refractivity contribution in [1.82, 2.24) is 0 Å². The average Bonchev–Trinajstić information content (AvgIpc) is 3.25. The Morgan fingerprint density at radius 1 is 0.383 bits per heavy atom. The van der Waals surface area contributed by atoms with Gasteiger partial charge in [-0.05, 0) is 109 Å². The van der Waals surface area contributed by atoms with Gasteiger partial charge in [0.15, 0.2) is 6.10 Å². The minimum absolute atomic E-state index is 0.0550. The number of unbranched alkanes of at least 4 members (excludes halogenated alkanes) is 17. The van der Waals surface area contributed by atoms with Gasteiger partial charge in [0.1, 0.15) is 6.61 Å². The van der Waals surface area contributed by atoms with Crippen molar-refractivity contribution < 1.29 is 23.8 Å². The third kappa shape index (κ3) is 47.5. The molecule has 0 radical (unpaired) electrons. The molecule has 0 heterocycles. The fourth-order valence-electron chi connectivity index (χ4n) is 6.38. The second-order valence-electron chi connectivity index (χ2n) is 16.0. The Morgan fingerprint density at radius 3 is 1.30 bits per heavy atom. The lowest BCUT2D eigenvalue weighted by Crippen LogP contribution is -2.30. The maximum Gasteiger partial charge on any atom is 0.306 e. The molecule has 0 amide bonds. The van der Waals surface area contributed by atoms with E-state index in [1.165, 1.54) is 70.6 Å². The summed E-state index contributed by atoms with van der Waals surface area (Å²) in [6.45, 7) is 7.54. The first-order valence-corrected chi connectivity index (χ1v) is 24.8. The average molecular weight is 833 g/mol. The van der Waals surface area contributed by atoms with Crippen LogP contribution in [0, 0.1) is 0 Å². The highest BCUT2D eigenvalue weighted by molar-refractivity contribution is 5.70. The molecule has 0 spiro atoms. The van der Waals surface area contributed by atoms with Crippen LogP contribution in [0.3, 0.4) is 0 Å². The fourth-order valence-corrected chi connectivity index (χ4v) is 6.38. The Bertz CT molecular complexity index is 1170. The first kappa shape index (κ1) is 56.8. The molecule has 0 aliphatic rings. The van der Waals surface area contributed by atoms with Gasteiger partial charge in [-0.3, -0.25) is 9.59 Å². The molecule has 0 aliphatic heterocycles. The van der Waals surface area contributed by atoms with Crippen molar-refractivity contribution >= 4 is 11.9 Å². The minimum Gasteiger partial charge on any atom is -0.462 e. The zero-order chi connectivity index (χ0) is 43.5. The van der Waals surface area contributed by atoms with Crippen molar-refractivity contribution in [3.8, 4) is 0 Å². The minimum atomic E-state index is -0.564. The second-order valence-corrected chi connectivity index (χ2v) is 16.0. The van der Waals surface area contributed by atoms with Crippen LogP contribution in [0.1, 0.15) is 213 Å². The van der Waals surface area contributed by atoms with Gasteiger partial charge in [-0.2, -0.15) is 0 Å². The Kier molecular flexibility index (Phi) is 47.5. The molecule has 5 heteroatoms. The van der Waals surface area contributed by atoms with Crippen LogP contribution in [0.25, 0.3) is 0 Å². The number of esters is 2. The van der Waals surface area contributed by atoms with Crippen LogP contribution in [0.15, 0.2) is 97.2 Å². The maximum atomic E-state index is 12.8. The molecule has 1 unspecified atom stereocenters. The molecule has 60 heavy (non-hydrogen) atoms. The normalized spacial score (nSPS) is 13.1. The number of rotatable bonds is 44. The van der Waals surface area contributed by atoms with Crippen molar-refractivity contribution in [2.75, 3.05) is 19.8 Å². The van der Waals surface area contributed by atoms with E-state index >= 15 is 0 Å². The van der Waals surface area contributed by atoms with Crippen molar-refractivity contribution in [3.63, 3.8) is 0 Å². The number of carbonyl (C=O) groups is 2. The zero-order valence-corrected chi connectivity index (χ0v) is 39.2. The lowest BCUT2D eigenvalue weighted by atomic mass is 10.1. The van der Waals surface area contributed by atoms with E-state index in [-0.39, 0.29) is 25.2 Å². The van der Waals surface area contributed by atoms with E-state index in [2.05, 4.69) is 118 Å². The van der Waals surface area contributed by atoms with E-state index in [1.807, 2.05) is 0 Å². The van der Waals surface area contributed by atoms with Crippen molar-refractivity contribution in [3.05, 3.63) is 97.2 Å². The predicted octanol–water partition coefficient (Wildman–Crippen LogP) is 16.7. The summed E-state index contributed by atoms with van der Waals surface area (Å²) in [6.07, 6.45) is 66.9. The summed E-state index contributed by atoms with van der Waals surface area (Å²) in [6, 6.07) is 0. The van der Waals surface area contributed by atoms with Crippen LogP contribution in [-0.2, 0) is 23.8 Å². The summed E-state index contributed by atoms with van der Waals surface area (Å²) in [5.41, 5.74) is 0. The van der Waals surface area contributed by atoms with Gasteiger partial charge < -0.3 is 14.2 Å². The highest BCUT2D eigenvalue weighted by atomic mass is 16.6. The van der Waals surface area contributed by atoms with Gasteiger partial charge in [0.25, 0.3) is 0 Å². The third-order valence-electron chi connectivity index (χ3n) is 10.1. The quantitative estimate of drug-likeness (QED) is 0.0348. The number of hydrogen-bond acceptors (Lipinski definition) is 5. The summed E-state index contributed by atoms with van der Waals surface area (Å²) < 4.78 is 17.3. The lowest BCUT2D eigenvalue weighted by Gasteiger charge is -2.18. The molecule has 0 saturated heterocycles. The van der Waals surface area contributed by atoms with Gasteiger partial charge in [-0.15, -0.1) is 0 Å². The Labute approximate surface area is 371 Å². The van der Waals surface area contributed by atoms with Crippen LogP contribution in [-0.4, -0.2) is 37.9 Å². The van der Waals surface area contributed by atoms with Crippen LogP contribution in [0.2, 0.25) is 0 Å². The molecule has 1 atom stereocenters. The molecular formula is C55H92O5. The van der Waals surface area contributed by atoms with Gasteiger partial charge in [0, 0.05) is 19.4 Å². The molecule has 342 valence electrons.